The Kier molecular flexibility index (Phi) is 11.7. The molecule has 2 N–H and O–H groups in total. The second-order valence-electron chi connectivity index (χ2n) is 8.16. The summed E-state index contributed by atoms with van der Waals surface area (Å²) >= 11 is 0. The van der Waals surface area contributed by atoms with E-state index in [1.165, 1.54) is 18.2 Å². The highest BCUT2D eigenvalue weighted by Crippen LogP contribution is 2.43. The molecule has 9 heteroatoms. The molecule has 0 amide bonds. The van der Waals surface area contributed by atoms with Gasteiger partial charge in [0.2, 0.25) is 0 Å². The summed E-state index contributed by atoms with van der Waals surface area (Å²) < 4.78 is 41.9. The van der Waals surface area contributed by atoms with Crippen LogP contribution in [0.25, 0.3) is 0 Å². The molecule has 2 atom stereocenters. The van der Waals surface area contributed by atoms with Crippen LogP contribution in [0.1, 0.15) is 63.4 Å². The van der Waals surface area contributed by atoms with E-state index in [0.29, 0.717) is 37.0 Å². The highest BCUT2D eigenvalue weighted by Gasteiger charge is 2.40. The highest BCUT2D eigenvalue weighted by atomic mass is 35.5. The molecule has 4 nitrogen and oxygen atoms in total. The first-order chi connectivity index (χ1) is 13.0. The summed E-state index contributed by atoms with van der Waals surface area (Å²) in [5.41, 5.74) is 0.0729. The van der Waals surface area contributed by atoms with Gasteiger partial charge in [0.25, 0.3) is 0 Å². The van der Waals surface area contributed by atoms with Crippen molar-refractivity contribution >= 4 is 30.5 Å². The second kappa shape index (κ2) is 12.1. The van der Waals surface area contributed by atoms with Crippen LogP contribution >= 0.6 is 24.8 Å². The number of rotatable bonds is 8. The molecular formula is C21H33Cl2F3N2O2. The van der Waals surface area contributed by atoms with E-state index >= 15 is 0 Å². The lowest BCUT2D eigenvalue weighted by atomic mass is 9.70. The van der Waals surface area contributed by atoms with Crippen molar-refractivity contribution in [2.75, 3.05) is 14.1 Å². The maximum atomic E-state index is 12.6. The minimum Gasteiger partial charge on any atom is -0.406 e. The Labute approximate surface area is 189 Å². The van der Waals surface area contributed by atoms with Gasteiger partial charge < -0.3 is 20.2 Å². The first kappa shape index (κ1) is 29.0. The summed E-state index contributed by atoms with van der Waals surface area (Å²) in [4.78, 5) is 2.02. The monoisotopic (exact) mass is 472 g/mol. The highest BCUT2D eigenvalue weighted by molar-refractivity contribution is 5.85. The lowest BCUT2D eigenvalue weighted by Gasteiger charge is -2.40. The molecule has 0 spiro atoms. The van der Waals surface area contributed by atoms with Crippen molar-refractivity contribution in [3.63, 3.8) is 0 Å². The van der Waals surface area contributed by atoms with Crippen molar-refractivity contribution in [2.24, 2.45) is 0 Å². The molecule has 1 aliphatic rings. The SMILES string of the molecule is C[C@H](CC(=N)CC(c1cccc(OC(F)(F)F)c1)C1(O)CCCCC1)N(C)C.Cl.Cl. The molecule has 1 unspecified atom stereocenters. The van der Waals surface area contributed by atoms with Crippen molar-refractivity contribution in [3.8, 4) is 5.75 Å². The van der Waals surface area contributed by atoms with E-state index in [1.807, 2.05) is 25.9 Å². The van der Waals surface area contributed by atoms with Gasteiger partial charge >= 0.3 is 6.36 Å². The fraction of sp³-hybridized carbons (Fsp3) is 0.667. The van der Waals surface area contributed by atoms with Crippen LogP contribution in [0.3, 0.4) is 0 Å². The van der Waals surface area contributed by atoms with Crippen LogP contribution in [0.15, 0.2) is 24.3 Å². The van der Waals surface area contributed by atoms with Gasteiger partial charge in [-0.25, -0.2) is 0 Å². The maximum absolute atomic E-state index is 12.6. The molecule has 0 heterocycles. The minimum atomic E-state index is -4.76. The van der Waals surface area contributed by atoms with E-state index in [9.17, 15) is 18.3 Å². The smallest absolute Gasteiger partial charge is 0.406 e. The van der Waals surface area contributed by atoms with E-state index in [4.69, 9.17) is 5.41 Å². The van der Waals surface area contributed by atoms with Crippen LogP contribution in [-0.4, -0.2) is 47.8 Å². The van der Waals surface area contributed by atoms with E-state index in [1.54, 1.807) is 6.07 Å². The largest absolute Gasteiger partial charge is 0.573 e. The molecule has 1 aliphatic carbocycles. The number of halogens is 5. The number of alkyl halides is 3. The Morgan fingerprint density at radius 3 is 2.30 bits per heavy atom. The van der Waals surface area contributed by atoms with E-state index < -0.39 is 17.9 Å². The number of aliphatic hydroxyl groups is 1. The van der Waals surface area contributed by atoms with Crippen molar-refractivity contribution in [2.45, 2.75) is 75.8 Å². The molecule has 0 saturated heterocycles. The molecule has 0 aliphatic heterocycles. The number of hydrogen-bond donors (Lipinski definition) is 2. The summed E-state index contributed by atoms with van der Waals surface area (Å²) in [7, 11) is 3.89. The van der Waals surface area contributed by atoms with Gasteiger partial charge in [-0.05, 0) is 58.0 Å². The van der Waals surface area contributed by atoms with Gasteiger partial charge in [0, 0.05) is 24.1 Å². The fourth-order valence-corrected chi connectivity index (χ4v) is 3.93. The number of hydrogen-bond acceptors (Lipinski definition) is 4. The molecular weight excluding hydrogens is 440 g/mol. The van der Waals surface area contributed by atoms with Gasteiger partial charge in [0.05, 0.1) is 5.60 Å². The zero-order valence-corrected chi connectivity index (χ0v) is 19.3. The zero-order chi connectivity index (χ0) is 20.9. The Balaban J connectivity index is 0.00000420. The number of nitrogens with zero attached hydrogens (tertiary/aromatic N) is 1. The quantitative estimate of drug-likeness (QED) is 0.459. The first-order valence-electron chi connectivity index (χ1n) is 9.81. The van der Waals surface area contributed by atoms with Gasteiger partial charge in [-0.2, -0.15) is 0 Å². The maximum Gasteiger partial charge on any atom is 0.573 e. The Morgan fingerprint density at radius 2 is 1.77 bits per heavy atom. The Morgan fingerprint density at radius 1 is 1.17 bits per heavy atom. The molecule has 0 aromatic heterocycles. The molecule has 2 rings (SSSR count). The molecule has 174 valence electrons. The van der Waals surface area contributed by atoms with Crippen LogP contribution < -0.4 is 4.74 Å². The summed E-state index contributed by atoms with van der Waals surface area (Å²) in [6.07, 6.45) is 0.116. The normalized spacial score (nSPS) is 18.0. The van der Waals surface area contributed by atoms with Gasteiger partial charge in [-0.1, -0.05) is 31.4 Å². The molecule has 1 aromatic rings. The molecule has 1 fully saturated rings. The third kappa shape index (κ3) is 8.61. The van der Waals surface area contributed by atoms with Crippen LogP contribution in [-0.2, 0) is 0 Å². The third-order valence-corrected chi connectivity index (χ3v) is 5.74. The summed E-state index contributed by atoms with van der Waals surface area (Å²) in [6, 6.07) is 6.03. The van der Waals surface area contributed by atoms with E-state index in [2.05, 4.69) is 4.74 Å². The predicted molar refractivity (Wildman–Crippen MR) is 119 cm³/mol. The number of ether oxygens (including phenoxy) is 1. The molecule has 0 radical (unpaired) electrons. The van der Waals surface area contributed by atoms with Gasteiger partial charge in [0.15, 0.2) is 0 Å². The van der Waals surface area contributed by atoms with Crippen LogP contribution in [0.2, 0.25) is 0 Å². The number of benzene rings is 1. The lowest BCUT2D eigenvalue weighted by Crippen LogP contribution is -2.40. The zero-order valence-electron chi connectivity index (χ0n) is 17.7. The predicted octanol–water partition coefficient (Wildman–Crippen LogP) is 5.96. The summed E-state index contributed by atoms with van der Waals surface area (Å²) in [5.74, 6) is -0.714. The van der Waals surface area contributed by atoms with Crippen molar-refractivity contribution in [1.29, 1.82) is 5.41 Å². The Hall–Kier alpha value is -1.02. The average Bonchev–Trinajstić information content (AvgIpc) is 2.58. The van der Waals surface area contributed by atoms with Crippen molar-refractivity contribution in [3.05, 3.63) is 29.8 Å². The lowest BCUT2D eigenvalue weighted by molar-refractivity contribution is -0.274. The standard InChI is InChI=1S/C21H31F3N2O2.2ClH/c1-15(26(2)3)12-17(25)14-19(20(27)10-5-4-6-11-20)16-8-7-9-18(13-16)28-21(22,23)24;;/h7-9,13,15,19,25,27H,4-6,10-12,14H2,1-3H3;2*1H/t15-,19?;;/m1../s1. The first-order valence-corrected chi connectivity index (χ1v) is 9.81. The summed E-state index contributed by atoms with van der Waals surface area (Å²) in [6.45, 7) is 2.02. The van der Waals surface area contributed by atoms with Crippen molar-refractivity contribution < 1.29 is 23.0 Å². The summed E-state index contributed by atoms with van der Waals surface area (Å²) in [5, 5.41) is 19.8. The van der Waals surface area contributed by atoms with Gasteiger partial charge in [-0.15, -0.1) is 38.0 Å². The number of nitrogens with one attached hydrogen (secondary N) is 1. The second-order valence-corrected chi connectivity index (χ2v) is 8.16. The molecule has 30 heavy (non-hydrogen) atoms. The molecule has 1 saturated carbocycles. The van der Waals surface area contributed by atoms with E-state index in [0.717, 1.165) is 19.3 Å². The van der Waals surface area contributed by atoms with Gasteiger partial charge in [0.1, 0.15) is 5.75 Å². The van der Waals surface area contributed by atoms with E-state index in [-0.39, 0.29) is 36.6 Å². The van der Waals surface area contributed by atoms with Crippen LogP contribution in [0.4, 0.5) is 13.2 Å². The average molecular weight is 473 g/mol. The fourth-order valence-electron chi connectivity index (χ4n) is 3.93. The van der Waals surface area contributed by atoms with Crippen LogP contribution in [0.5, 0.6) is 5.75 Å². The van der Waals surface area contributed by atoms with Crippen LogP contribution in [0, 0.1) is 5.41 Å². The van der Waals surface area contributed by atoms with Gasteiger partial charge in [-0.3, -0.25) is 0 Å². The topological polar surface area (TPSA) is 56.6 Å². The molecule has 0 bridgehead atoms. The minimum absolute atomic E-state index is 0. The third-order valence-electron chi connectivity index (χ3n) is 5.74. The van der Waals surface area contributed by atoms with Crippen molar-refractivity contribution in [1.82, 2.24) is 4.90 Å². The Bertz CT molecular complexity index is 666. The molecule has 1 aromatic carbocycles.